The number of rotatable bonds is 7. The van der Waals surface area contributed by atoms with Gasteiger partial charge in [-0.3, -0.25) is 9.59 Å². The summed E-state index contributed by atoms with van der Waals surface area (Å²) in [4.78, 5) is 26.4. The zero-order valence-corrected chi connectivity index (χ0v) is 18.1. The van der Waals surface area contributed by atoms with Crippen LogP contribution < -0.4 is 15.4 Å². The number of anilines is 1. The van der Waals surface area contributed by atoms with Crippen LogP contribution in [0.2, 0.25) is 0 Å². The summed E-state index contributed by atoms with van der Waals surface area (Å²) < 4.78 is 18.6. The van der Waals surface area contributed by atoms with Crippen LogP contribution in [0.1, 0.15) is 32.3 Å². The topological polar surface area (TPSA) is 97.3 Å². The van der Waals surface area contributed by atoms with Crippen molar-refractivity contribution in [3.8, 4) is 5.75 Å². The first-order valence-electron chi connectivity index (χ1n) is 9.79. The van der Waals surface area contributed by atoms with Crippen LogP contribution in [0.4, 0.5) is 10.1 Å². The molecule has 31 heavy (non-hydrogen) atoms. The molecule has 1 aliphatic heterocycles. The number of hydrogen-bond acceptors (Lipinski definition) is 6. The lowest BCUT2D eigenvalue weighted by Crippen LogP contribution is -2.31. The number of nitrogens with zero attached hydrogens (tertiary/aromatic N) is 3. The smallest absolute Gasteiger partial charge is 0.247 e. The van der Waals surface area contributed by atoms with Gasteiger partial charge < -0.3 is 10.5 Å². The molecule has 0 bridgehead atoms. The number of halogens is 1. The molecule has 0 aliphatic carbocycles. The summed E-state index contributed by atoms with van der Waals surface area (Å²) in [5.41, 5.74) is 7.65. The molecular weight excluding hydrogens is 419 g/mol. The third-order valence-corrected chi connectivity index (χ3v) is 5.47. The summed E-state index contributed by atoms with van der Waals surface area (Å²) in [5, 5.41) is 7.37. The van der Waals surface area contributed by atoms with Crippen LogP contribution in [0.3, 0.4) is 0 Å². The van der Waals surface area contributed by atoms with E-state index in [0.717, 1.165) is 23.1 Å². The van der Waals surface area contributed by atoms with Crippen LogP contribution >= 0.6 is 11.8 Å². The summed E-state index contributed by atoms with van der Waals surface area (Å²) in [6.07, 6.45) is 0.911. The van der Waals surface area contributed by atoms with Crippen LogP contribution in [0.15, 0.2) is 58.7 Å². The summed E-state index contributed by atoms with van der Waals surface area (Å²) >= 11 is 0.995. The Morgan fingerprint density at radius 1 is 1.16 bits per heavy atom. The third kappa shape index (κ3) is 5.69. The molecule has 1 aliphatic rings. The summed E-state index contributed by atoms with van der Waals surface area (Å²) in [7, 11) is 0. The molecule has 2 aromatic carbocycles. The molecule has 9 heteroatoms. The minimum Gasteiger partial charge on any atom is -0.494 e. The van der Waals surface area contributed by atoms with E-state index >= 15 is 0 Å². The molecule has 1 heterocycles. The highest BCUT2D eigenvalue weighted by molar-refractivity contribution is 8.14. The minimum atomic E-state index is -0.673. The Labute approximate surface area is 184 Å². The van der Waals surface area contributed by atoms with Crippen molar-refractivity contribution >= 4 is 40.1 Å². The summed E-state index contributed by atoms with van der Waals surface area (Å²) in [6.45, 7) is 4.33. The molecular formula is C22H23FN4O3S. The number of nitrogens with two attached hydrogens (primary N) is 1. The minimum absolute atomic E-state index is 0.0223. The molecule has 2 amide bonds. The predicted octanol–water partition coefficient (Wildman–Crippen LogP) is 3.72. The molecule has 2 N–H and O–H groups in total. The Morgan fingerprint density at radius 2 is 1.84 bits per heavy atom. The third-order valence-electron chi connectivity index (χ3n) is 4.50. The lowest BCUT2D eigenvalue weighted by atomic mass is 10.1. The SMILES string of the molecule is CCCOc1ccc(N2C(=O)CC(SC(N)=NN=C(C)c3ccc(F)cc3)C2=O)cc1. The number of carbonyl (C=O) groups excluding carboxylic acids is 2. The van der Waals surface area contributed by atoms with E-state index in [4.69, 9.17) is 10.5 Å². The van der Waals surface area contributed by atoms with E-state index in [2.05, 4.69) is 10.2 Å². The van der Waals surface area contributed by atoms with Crippen molar-refractivity contribution in [2.75, 3.05) is 11.5 Å². The van der Waals surface area contributed by atoms with Crippen molar-refractivity contribution in [3.63, 3.8) is 0 Å². The number of amidine groups is 1. The first-order chi connectivity index (χ1) is 14.9. The van der Waals surface area contributed by atoms with Gasteiger partial charge in [-0.15, -0.1) is 5.10 Å². The summed E-state index contributed by atoms with van der Waals surface area (Å²) in [6, 6.07) is 12.7. The molecule has 3 rings (SSSR count). The fraction of sp³-hybridized carbons (Fsp3) is 0.273. The van der Waals surface area contributed by atoms with Gasteiger partial charge in [-0.2, -0.15) is 5.10 Å². The number of benzene rings is 2. The van der Waals surface area contributed by atoms with Crippen molar-refractivity contribution in [1.82, 2.24) is 0 Å². The predicted molar refractivity (Wildman–Crippen MR) is 121 cm³/mol. The molecule has 2 aromatic rings. The van der Waals surface area contributed by atoms with Gasteiger partial charge in [0.05, 0.1) is 18.0 Å². The second-order valence-electron chi connectivity index (χ2n) is 6.85. The van der Waals surface area contributed by atoms with Crippen molar-refractivity contribution < 1.29 is 18.7 Å². The second kappa shape index (κ2) is 10.2. The first kappa shape index (κ1) is 22.5. The van der Waals surface area contributed by atoms with Crippen molar-refractivity contribution in [3.05, 3.63) is 59.9 Å². The Kier molecular flexibility index (Phi) is 7.41. The number of hydrogen-bond donors (Lipinski definition) is 1. The molecule has 0 aromatic heterocycles. The van der Waals surface area contributed by atoms with E-state index in [9.17, 15) is 14.0 Å². The van der Waals surface area contributed by atoms with Crippen LogP contribution in [0, 0.1) is 5.82 Å². The van der Waals surface area contributed by atoms with Crippen LogP contribution in [-0.4, -0.2) is 34.6 Å². The fourth-order valence-corrected chi connectivity index (χ4v) is 3.73. The standard InChI is InChI=1S/C22H23FN4O3S/c1-3-12-30-18-10-8-17(9-11-18)27-20(28)13-19(21(27)29)31-22(24)26-25-14(2)15-4-6-16(23)7-5-15/h4-11,19H,3,12-13H2,1-2H3,(H2,24,26). The van der Waals surface area contributed by atoms with E-state index in [-0.39, 0.29) is 29.2 Å². The maximum Gasteiger partial charge on any atom is 0.247 e. The van der Waals surface area contributed by atoms with Gasteiger partial charge in [0.15, 0.2) is 5.17 Å². The largest absolute Gasteiger partial charge is 0.494 e. The Hall–Kier alpha value is -3.20. The molecule has 1 fully saturated rings. The zero-order valence-electron chi connectivity index (χ0n) is 17.2. The van der Waals surface area contributed by atoms with Gasteiger partial charge >= 0.3 is 0 Å². The molecule has 162 valence electrons. The first-order valence-corrected chi connectivity index (χ1v) is 10.7. The maximum absolute atomic E-state index is 13.0. The second-order valence-corrected chi connectivity index (χ2v) is 8.07. The highest BCUT2D eigenvalue weighted by atomic mass is 32.2. The number of imide groups is 1. The highest BCUT2D eigenvalue weighted by Crippen LogP contribution is 2.30. The summed E-state index contributed by atoms with van der Waals surface area (Å²) in [5.74, 6) is -0.313. The van der Waals surface area contributed by atoms with Gasteiger partial charge in [0.2, 0.25) is 11.8 Å². The molecule has 7 nitrogen and oxygen atoms in total. The Bertz CT molecular complexity index is 1010. The van der Waals surface area contributed by atoms with E-state index < -0.39 is 5.25 Å². The number of ether oxygens (including phenoxy) is 1. The Morgan fingerprint density at radius 3 is 2.48 bits per heavy atom. The van der Waals surface area contributed by atoms with Crippen LogP contribution in [0.25, 0.3) is 0 Å². The van der Waals surface area contributed by atoms with Gasteiger partial charge in [0.1, 0.15) is 16.8 Å². The normalized spacial score (nSPS) is 17.4. The van der Waals surface area contributed by atoms with Crippen molar-refractivity contribution in [2.24, 2.45) is 15.9 Å². The van der Waals surface area contributed by atoms with Gasteiger partial charge in [-0.1, -0.05) is 30.8 Å². The lowest BCUT2D eigenvalue weighted by Gasteiger charge is -2.15. The van der Waals surface area contributed by atoms with E-state index in [1.807, 2.05) is 6.92 Å². The number of carbonyl (C=O) groups is 2. The highest BCUT2D eigenvalue weighted by Gasteiger charge is 2.40. The molecule has 1 unspecified atom stereocenters. The van der Waals surface area contributed by atoms with Gasteiger partial charge in [0.25, 0.3) is 0 Å². The van der Waals surface area contributed by atoms with E-state index in [0.29, 0.717) is 29.3 Å². The van der Waals surface area contributed by atoms with Crippen molar-refractivity contribution in [2.45, 2.75) is 31.9 Å². The molecule has 1 saturated heterocycles. The van der Waals surface area contributed by atoms with Gasteiger partial charge in [-0.25, -0.2) is 9.29 Å². The zero-order chi connectivity index (χ0) is 22.4. The molecule has 0 radical (unpaired) electrons. The number of amides is 2. The fourth-order valence-electron chi connectivity index (χ4n) is 2.92. The van der Waals surface area contributed by atoms with E-state index in [1.165, 1.54) is 12.1 Å². The quantitative estimate of drug-likeness (QED) is 0.305. The monoisotopic (exact) mass is 442 g/mol. The molecule has 0 spiro atoms. The van der Waals surface area contributed by atoms with E-state index in [1.54, 1.807) is 43.3 Å². The molecule has 0 saturated carbocycles. The van der Waals surface area contributed by atoms with Crippen LogP contribution in [-0.2, 0) is 9.59 Å². The Balaban J connectivity index is 1.65. The van der Waals surface area contributed by atoms with Crippen molar-refractivity contribution in [1.29, 1.82) is 0 Å². The van der Waals surface area contributed by atoms with Gasteiger partial charge in [-0.05, 0) is 55.3 Å². The average molecular weight is 443 g/mol. The van der Waals surface area contributed by atoms with Gasteiger partial charge in [0, 0.05) is 6.42 Å². The van der Waals surface area contributed by atoms with Crippen LogP contribution in [0.5, 0.6) is 5.75 Å². The molecule has 1 atom stereocenters. The lowest BCUT2D eigenvalue weighted by molar-refractivity contribution is -0.121. The average Bonchev–Trinajstić information content (AvgIpc) is 3.04. The number of thioether (sulfide) groups is 1. The maximum atomic E-state index is 13.0.